The molecule has 0 aliphatic rings. The molecule has 1 atom stereocenters. The number of nitrogens with zero attached hydrogens (tertiary/aromatic N) is 2. The molecule has 2 aromatic carbocycles. The van der Waals surface area contributed by atoms with Gasteiger partial charge in [-0.25, -0.2) is 9.78 Å². The average Bonchev–Trinajstić information content (AvgIpc) is 2.61. The van der Waals surface area contributed by atoms with Crippen LogP contribution in [0.1, 0.15) is 12.5 Å². The van der Waals surface area contributed by atoms with Crippen LogP contribution in [0.2, 0.25) is 5.02 Å². The van der Waals surface area contributed by atoms with E-state index in [0.29, 0.717) is 26.8 Å². The number of carbonyl (C=O) groups excluding carboxylic acids is 2. The fourth-order valence-electron chi connectivity index (χ4n) is 2.65. The van der Waals surface area contributed by atoms with Crippen LogP contribution in [0.15, 0.2) is 52.4 Å². The number of thioether (sulfide) groups is 1. The van der Waals surface area contributed by atoms with Crippen LogP contribution in [-0.2, 0) is 4.79 Å². The summed E-state index contributed by atoms with van der Waals surface area (Å²) >= 11 is 7.09. The second-order valence-corrected chi connectivity index (χ2v) is 7.89. The number of nitrogens with two attached hydrogens (primary N) is 1. The van der Waals surface area contributed by atoms with Crippen LogP contribution in [0, 0.1) is 6.92 Å². The third-order valence-electron chi connectivity index (χ3n) is 3.96. The topological polar surface area (TPSA) is 107 Å². The minimum Gasteiger partial charge on any atom is -0.351 e. The number of imide groups is 1. The van der Waals surface area contributed by atoms with Gasteiger partial charge in [0.1, 0.15) is 0 Å². The summed E-state index contributed by atoms with van der Waals surface area (Å²) in [5, 5.41) is 2.48. The Morgan fingerprint density at radius 2 is 2.00 bits per heavy atom. The summed E-state index contributed by atoms with van der Waals surface area (Å²) in [6.07, 6.45) is 0. The molecule has 0 fully saturated rings. The average molecular weight is 417 g/mol. The molecule has 0 aliphatic heterocycles. The number of rotatable bonds is 4. The standard InChI is InChI=1S/C19H17ClN4O3S/c1-10-4-3-5-13(8-10)24-17(26)14-7-6-12(20)9-15(14)22-19(24)28-11(2)16(25)23-18(21)27/h3-9,11H,1-2H3,(H3,21,23,25,27). The van der Waals surface area contributed by atoms with E-state index >= 15 is 0 Å². The lowest BCUT2D eigenvalue weighted by atomic mass is 10.2. The van der Waals surface area contributed by atoms with Crippen LogP contribution in [0.5, 0.6) is 0 Å². The van der Waals surface area contributed by atoms with Crippen molar-refractivity contribution in [2.24, 2.45) is 5.73 Å². The van der Waals surface area contributed by atoms with Crippen molar-refractivity contribution in [2.45, 2.75) is 24.3 Å². The number of primary amides is 1. The quantitative estimate of drug-likeness (QED) is 0.502. The summed E-state index contributed by atoms with van der Waals surface area (Å²) in [6.45, 7) is 3.51. The Balaban J connectivity index is 2.18. The predicted octanol–water partition coefficient (Wildman–Crippen LogP) is 3.02. The number of aromatic nitrogens is 2. The summed E-state index contributed by atoms with van der Waals surface area (Å²) in [4.78, 5) is 40.8. The van der Waals surface area contributed by atoms with Gasteiger partial charge in [0.05, 0.1) is 21.8 Å². The van der Waals surface area contributed by atoms with Gasteiger partial charge in [-0.3, -0.25) is 19.5 Å². The van der Waals surface area contributed by atoms with E-state index in [2.05, 4.69) is 4.98 Å². The molecule has 3 aromatic rings. The van der Waals surface area contributed by atoms with Crippen molar-refractivity contribution in [1.29, 1.82) is 0 Å². The van der Waals surface area contributed by atoms with E-state index in [0.717, 1.165) is 17.3 Å². The molecular formula is C19H17ClN4O3S. The van der Waals surface area contributed by atoms with Gasteiger partial charge in [0.25, 0.3) is 5.56 Å². The molecule has 7 nitrogen and oxygen atoms in total. The van der Waals surface area contributed by atoms with Crippen molar-refractivity contribution in [2.75, 3.05) is 0 Å². The van der Waals surface area contributed by atoms with Gasteiger partial charge in [-0.15, -0.1) is 0 Å². The maximum absolute atomic E-state index is 13.2. The van der Waals surface area contributed by atoms with E-state index in [1.54, 1.807) is 31.2 Å². The van der Waals surface area contributed by atoms with Crippen LogP contribution < -0.4 is 16.6 Å². The zero-order valence-corrected chi connectivity index (χ0v) is 16.7. The lowest BCUT2D eigenvalue weighted by Gasteiger charge is -2.16. The number of halogens is 1. The first-order valence-electron chi connectivity index (χ1n) is 8.32. The molecule has 144 valence electrons. The van der Waals surface area contributed by atoms with Crippen molar-refractivity contribution in [1.82, 2.24) is 14.9 Å². The Hall–Kier alpha value is -2.84. The predicted molar refractivity (Wildman–Crippen MR) is 110 cm³/mol. The van der Waals surface area contributed by atoms with Gasteiger partial charge >= 0.3 is 6.03 Å². The minimum atomic E-state index is -0.938. The number of hydrogen-bond donors (Lipinski definition) is 2. The summed E-state index contributed by atoms with van der Waals surface area (Å²) in [5.74, 6) is -0.575. The van der Waals surface area contributed by atoms with E-state index in [-0.39, 0.29) is 5.56 Å². The number of aryl methyl sites for hydroxylation is 1. The van der Waals surface area contributed by atoms with E-state index in [4.69, 9.17) is 17.3 Å². The summed E-state index contributed by atoms with van der Waals surface area (Å²) in [5.41, 5.74) is 6.75. The molecule has 0 bridgehead atoms. The largest absolute Gasteiger partial charge is 0.351 e. The highest BCUT2D eigenvalue weighted by molar-refractivity contribution is 8.00. The van der Waals surface area contributed by atoms with Gasteiger partial charge in [0, 0.05) is 5.02 Å². The van der Waals surface area contributed by atoms with Crippen molar-refractivity contribution < 1.29 is 9.59 Å². The van der Waals surface area contributed by atoms with Crippen molar-refractivity contribution in [3.63, 3.8) is 0 Å². The van der Waals surface area contributed by atoms with Crippen molar-refractivity contribution in [3.8, 4) is 5.69 Å². The normalized spacial score (nSPS) is 12.0. The summed E-state index contributed by atoms with van der Waals surface area (Å²) in [7, 11) is 0. The fraction of sp³-hybridized carbons (Fsp3) is 0.158. The van der Waals surface area contributed by atoms with Gasteiger partial charge < -0.3 is 5.73 Å². The lowest BCUT2D eigenvalue weighted by Crippen LogP contribution is -2.39. The van der Waals surface area contributed by atoms with Crippen LogP contribution >= 0.6 is 23.4 Å². The Labute approximate surface area is 169 Å². The highest BCUT2D eigenvalue weighted by Gasteiger charge is 2.21. The molecule has 3 rings (SSSR count). The van der Waals surface area contributed by atoms with E-state index < -0.39 is 17.2 Å². The number of urea groups is 1. The third kappa shape index (κ3) is 4.18. The molecular weight excluding hydrogens is 400 g/mol. The molecule has 0 radical (unpaired) electrons. The maximum atomic E-state index is 13.2. The zero-order chi connectivity index (χ0) is 20.4. The molecule has 0 saturated heterocycles. The highest BCUT2D eigenvalue weighted by Crippen LogP contribution is 2.26. The Kier molecular flexibility index (Phi) is 5.71. The van der Waals surface area contributed by atoms with Crippen LogP contribution in [0.25, 0.3) is 16.6 Å². The van der Waals surface area contributed by atoms with Crippen molar-refractivity contribution in [3.05, 3.63) is 63.4 Å². The first-order chi connectivity index (χ1) is 13.3. The van der Waals surface area contributed by atoms with Gasteiger partial charge in [-0.2, -0.15) is 0 Å². The van der Waals surface area contributed by atoms with Gasteiger partial charge in [-0.05, 0) is 49.7 Å². The first-order valence-corrected chi connectivity index (χ1v) is 9.58. The number of amides is 3. The molecule has 3 N–H and O–H groups in total. The molecule has 0 saturated carbocycles. The fourth-order valence-corrected chi connectivity index (χ4v) is 3.74. The van der Waals surface area contributed by atoms with E-state index in [9.17, 15) is 14.4 Å². The molecule has 0 spiro atoms. The van der Waals surface area contributed by atoms with Crippen LogP contribution in [-0.4, -0.2) is 26.7 Å². The number of benzene rings is 2. The number of carbonyl (C=O) groups is 2. The zero-order valence-electron chi connectivity index (χ0n) is 15.1. The first kappa shape index (κ1) is 19.9. The molecule has 1 unspecified atom stereocenters. The Morgan fingerprint density at radius 3 is 2.68 bits per heavy atom. The van der Waals surface area contributed by atoms with Crippen molar-refractivity contribution >= 4 is 46.2 Å². The second kappa shape index (κ2) is 8.04. The minimum absolute atomic E-state index is 0.280. The number of hydrogen-bond acceptors (Lipinski definition) is 5. The Morgan fingerprint density at radius 1 is 1.25 bits per heavy atom. The monoisotopic (exact) mass is 416 g/mol. The van der Waals surface area contributed by atoms with Gasteiger partial charge in [-0.1, -0.05) is 35.5 Å². The Bertz CT molecular complexity index is 1150. The van der Waals surface area contributed by atoms with Crippen LogP contribution in [0.4, 0.5) is 4.79 Å². The molecule has 28 heavy (non-hydrogen) atoms. The van der Waals surface area contributed by atoms with Gasteiger partial charge in [0.2, 0.25) is 5.91 Å². The maximum Gasteiger partial charge on any atom is 0.318 e. The van der Waals surface area contributed by atoms with E-state index in [1.165, 1.54) is 4.57 Å². The highest BCUT2D eigenvalue weighted by atomic mass is 35.5. The summed E-state index contributed by atoms with van der Waals surface area (Å²) < 4.78 is 1.45. The lowest BCUT2D eigenvalue weighted by molar-refractivity contribution is -0.119. The number of nitrogens with one attached hydrogen (secondary N) is 1. The molecule has 3 amide bonds. The van der Waals surface area contributed by atoms with Crippen LogP contribution in [0.3, 0.4) is 0 Å². The number of fused-ring (bicyclic) bond motifs is 1. The molecule has 0 aliphatic carbocycles. The molecule has 1 aromatic heterocycles. The molecule has 1 heterocycles. The van der Waals surface area contributed by atoms with E-state index in [1.807, 2.05) is 30.4 Å². The third-order valence-corrected chi connectivity index (χ3v) is 5.25. The SMILES string of the molecule is Cc1cccc(-n2c(SC(C)C(=O)NC(N)=O)nc3cc(Cl)ccc3c2=O)c1. The smallest absolute Gasteiger partial charge is 0.318 e. The van der Waals surface area contributed by atoms with Gasteiger partial charge in [0.15, 0.2) is 5.16 Å². The second-order valence-electron chi connectivity index (χ2n) is 6.15. The summed E-state index contributed by atoms with van der Waals surface area (Å²) in [6, 6.07) is 11.3. The molecule has 9 heteroatoms.